The molecular formula is C20H20FN5O3S. The first kappa shape index (κ1) is 20.1. The van der Waals surface area contributed by atoms with E-state index in [1.165, 1.54) is 16.9 Å². The number of nitrogens with zero attached hydrogens (tertiary/aromatic N) is 5. The Kier molecular flexibility index (Phi) is 5.84. The van der Waals surface area contributed by atoms with Crippen LogP contribution in [-0.2, 0) is 10.8 Å². The van der Waals surface area contributed by atoms with Gasteiger partial charge < -0.3 is 9.64 Å². The third kappa shape index (κ3) is 4.23. The number of pyridine rings is 1. The number of para-hydroxylation sites is 1. The fraction of sp³-hybridized carbons (Fsp3) is 0.300. The molecule has 0 spiro atoms. The molecule has 1 aliphatic rings. The fourth-order valence-corrected chi connectivity index (χ4v) is 4.78. The van der Waals surface area contributed by atoms with Crippen LogP contribution in [0.3, 0.4) is 0 Å². The van der Waals surface area contributed by atoms with Gasteiger partial charge in [-0.1, -0.05) is 12.1 Å². The summed E-state index contributed by atoms with van der Waals surface area (Å²) in [4.78, 5) is 20.3. The van der Waals surface area contributed by atoms with Crippen LogP contribution in [0.25, 0.3) is 5.69 Å². The van der Waals surface area contributed by atoms with E-state index in [9.17, 15) is 13.4 Å². The highest BCUT2D eigenvalue weighted by Gasteiger charge is 2.35. The van der Waals surface area contributed by atoms with Crippen molar-refractivity contribution >= 4 is 16.7 Å². The molecule has 1 aromatic carbocycles. The quantitative estimate of drug-likeness (QED) is 0.615. The lowest BCUT2D eigenvalue weighted by atomic mass is 10.1. The minimum atomic E-state index is -1.17. The average Bonchev–Trinajstić information content (AvgIpc) is 3.29. The SMILES string of the molecule is CC1CS(=O)C(COc2ccc(F)cn2)CN1C(=O)c1ccccc1-n1nccn1. The Morgan fingerprint density at radius 2 is 2.00 bits per heavy atom. The molecule has 4 rings (SSSR count). The van der Waals surface area contributed by atoms with Gasteiger partial charge in [-0.05, 0) is 25.1 Å². The zero-order valence-corrected chi connectivity index (χ0v) is 17.0. The zero-order chi connectivity index (χ0) is 21.1. The van der Waals surface area contributed by atoms with E-state index in [4.69, 9.17) is 4.74 Å². The lowest BCUT2D eigenvalue weighted by Gasteiger charge is -2.37. The summed E-state index contributed by atoms with van der Waals surface area (Å²) in [6, 6.07) is 9.58. The standard InChI is InChI=1S/C20H20FN5O3S/c1-14-13-30(28)16(12-29-19-7-6-15(21)10-22-19)11-25(14)20(27)17-4-2-3-5-18(17)26-23-8-9-24-26/h2-10,14,16H,11-13H2,1H3. The molecule has 0 saturated carbocycles. The second-order valence-corrected chi connectivity index (χ2v) is 8.70. The van der Waals surface area contributed by atoms with E-state index in [1.54, 1.807) is 35.5 Å². The number of halogens is 1. The first-order valence-electron chi connectivity index (χ1n) is 9.41. The number of carbonyl (C=O) groups excluding carboxylic acids is 1. The molecule has 3 unspecified atom stereocenters. The lowest BCUT2D eigenvalue weighted by molar-refractivity contribution is 0.0689. The highest BCUT2D eigenvalue weighted by molar-refractivity contribution is 7.85. The van der Waals surface area contributed by atoms with E-state index in [0.29, 0.717) is 17.0 Å². The Morgan fingerprint density at radius 1 is 1.23 bits per heavy atom. The first-order valence-corrected chi connectivity index (χ1v) is 10.8. The summed E-state index contributed by atoms with van der Waals surface area (Å²) in [5, 5.41) is 7.86. The van der Waals surface area contributed by atoms with E-state index < -0.39 is 16.6 Å². The number of carbonyl (C=O) groups is 1. The number of ether oxygens (including phenoxy) is 1. The molecular weight excluding hydrogens is 409 g/mol. The molecule has 10 heteroatoms. The molecule has 1 saturated heterocycles. The first-order chi connectivity index (χ1) is 14.5. The summed E-state index contributed by atoms with van der Waals surface area (Å²) in [6.07, 6.45) is 4.15. The van der Waals surface area contributed by atoms with Crippen molar-refractivity contribution in [2.75, 3.05) is 18.9 Å². The van der Waals surface area contributed by atoms with Crippen molar-refractivity contribution in [1.82, 2.24) is 24.9 Å². The van der Waals surface area contributed by atoms with Gasteiger partial charge in [0.2, 0.25) is 5.88 Å². The fourth-order valence-electron chi connectivity index (χ4n) is 3.31. The summed E-state index contributed by atoms with van der Waals surface area (Å²) in [7, 11) is -1.17. The topological polar surface area (TPSA) is 90.2 Å². The average molecular weight is 429 g/mol. The van der Waals surface area contributed by atoms with Gasteiger partial charge >= 0.3 is 0 Å². The van der Waals surface area contributed by atoms with Gasteiger partial charge in [-0.15, -0.1) is 0 Å². The minimum Gasteiger partial charge on any atom is -0.476 e. The van der Waals surface area contributed by atoms with Gasteiger partial charge in [-0.25, -0.2) is 9.37 Å². The molecule has 1 amide bonds. The van der Waals surface area contributed by atoms with Crippen molar-refractivity contribution in [3.05, 3.63) is 66.4 Å². The monoisotopic (exact) mass is 429 g/mol. The normalized spacial score (nSPS) is 21.4. The van der Waals surface area contributed by atoms with E-state index in [0.717, 1.165) is 6.20 Å². The minimum absolute atomic E-state index is 0.115. The Hall–Kier alpha value is -3.14. The maximum absolute atomic E-state index is 13.4. The predicted molar refractivity (Wildman–Crippen MR) is 108 cm³/mol. The second kappa shape index (κ2) is 8.70. The van der Waals surface area contributed by atoms with Crippen LogP contribution in [0.1, 0.15) is 17.3 Å². The Bertz CT molecular complexity index is 1040. The van der Waals surface area contributed by atoms with Crippen molar-refractivity contribution in [3.63, 3.8) is 0 Å². The number of hydrogen-bond donors (Lipinski definition) is 0. The maximum Gasteiger partial charge on any atom is 0.256 e. The summed E-state index contributed by atoms with van der Waals surface area (Å²) >= 11 is 0. The van der Waals surface area contributed by atoms with Crippen LogP contribution < -0.4 is 4.74 Å². The summed E-state index contributed by atoms with van der Waals surface area (Å²) in [6.45, 7) is 2.27. The van der Waals surface area contributed by atoms with Gasteiger partial charge in [0.15, 0.2) is 0 Å². The molecule has 30 heavy (non-hydrogen) atoms. The van der Waals surface area contributed by atoms with Crippen molar-refractivity contribution in [3.8, 4) is 11.6 Å². The molecule has 3 heterocycles. The number of amides is 1. The van der Waals surface area contributed by atoms with Crippen molar-refractivity contribution in [2.45, 2.75) is 18.2 Å². The molecule has 0 aliphatic carbocycles. The summed E-state index contributed by atoms with van der Waals surface area (Å²) < 4.78 is 31.2. The van der Waals surface area contributed by atoms with Gasteiger partial charge in [0.1, 0.15) is 12.4 Å². The molecule has 1 aliphatic heterocycles. The Morgan fingerprint density at radius 3 is 2.73 bits per heavy atom. The number of aromatic nitrogens is 4. The number of benzene rings is 1. The molecule has 0 bridgehead atoms. The van der Waals surface area contributed by atoms with Crippen LogP contribution >= 0.6 is 0 Å². The van der Waals surface area contributed by atoms with Crippen LogP contribution in [-0.4, -0.2) is 65.2 Å². The number of rotatable bonds is 5. The van der Waals surface area contributed by atoms with Crippen molar-refractivity contribution < 1.29 is 18.1 Å². The predicted octanol–water partition coefficient (Wildman–Crippen LogP) is 1.84. The van der Waals surface area contributed by atoms with Gasteiger partial charge in [0.25, 0.3) is 5.91 Å². The van der Waals surface area contributed by atoms with E-state index in [2.05, 4.69) is 15.2 Å². The molecule has 1 fully saturated rings. The van der Waals surface area contributed by atoms with Crippen LogP contribution in [0.4, 0.5) is 4.39 Å². The van der Waals surface area contributed by atoms with E-state index in [-0.39, 0.29) is 36.2 Å². The van der Waals surface area contributed by atoms with Crippen molar-refractivity contribution in [2.24, 2.45) is 0 Å². The van der Waals surface area contributed by atoms with Gasteiger partial charge in [0, 0.05) is 35.2 Å². The summed E-state index contributed by atoms with van der Waals surface area (Å²) in [5.41, 5.74) is 1.04. The highest BCUT2D eigenvalue weighted by atomic mass is 32.2. The second-order valence-electron chi connectivity index (χ2n) is 6.94. The van der Waals surface area contributed by atoms with Gasteiger partial charge in [0.05, 0.1) is 35.1 Å². The van der Waals surface area contributed by atoms with Gasteiger partial charge in [-0.2, -0.15) is 15.0 Å². The van der Waals surface area contributed by atoms with Crippen LogP contribution in [0.15, 0.2) is 55.0 Å². The largest absolute Gasteiger partial charge is 0.476 e. The molecule has 8 nitrogen and oxygen atoms in total. The van der Waals surface area contributed by atoms with Crippen molar-refractivity contribution in [1.29, 1.82) is 0 Å². The van der Waals surface area contributed by atoms with Crippen LogP contribution in [0.5, 0.6) is 5.88 Å². The molecule has 0 radical (unpaired) electrons. The molecule has 3 atom stereocenters. The van der Waals surface area contributed by atoms with Crippen LogP contribution in [0, 0.1) is 5.82 Å². The Labute approximate surface area is 175 Å². The van der Waals surface area contributed by atoms with Crippen LogP contribution in [0.2, 0.25) is 0 Å². The third-order valence-corrected chi connectivity index (χ3v) is 6.70. The maximum atomic E-state index is 13.4. The molecule has 2 aromatic heterocycles. The smallest absolute Gasteiger partial charge is 0.256 e. The van der Waals surface area contributed by atoms with E-state index in [1.807, 2.05) is 13.0 Å². The zero-order valence-electron chi connectivity index (χ0n) is 16.2. The Balaban J connectivity index is 1.51. The highest BCUT2D eigenvalue weighted by Crippen LogP contribution is 2.22. The number of hydrogen-bond acceptors (Lipinski definition) is 6. The van der Waals surface area contributed by atoms with Gasteiger partial charge in [-0.3, -0.25) is 9.00 Å². The molecule has 3 aromatic rings. The lowest BCUT2D eigenvalue weighted by Crippen LogP contribution is -2.53. The molecule has 0 N–H and O–H groups in total. The molecule has 156 valence electrons. The summed E-state index contributed by atoms with van der Waals surface area (Å²) in [5.74, 6) is -0.0461. The van der Waals surface area contributed by atoms with E-state index >= 15 is 0 Å². The third-order valence-electron chi connectivity index (χ3n) is 4.86.